The summed E-state index contributed by atoms with van der Waals surface area (Å²) in [4.78, 5) is 33.8. The number of amides is 1. The highest BCUT2D eigenvalue weighted by molar-refractivity contribution is 5.93. The second-order valence-corrected chi connectivity index (χ2v) is 5.66. The maximum atomic E-state index is 11.9. The minimum Gasteiger partial charge on any atom is -0.494 e. The van der Waals surface area contributed by atoms with Crippen LogP contribution in [0.3, 0.4) is 0 Å². The van der Waals surface area contributed by atoms with Gasteiger partial charge in [0.15, 0.2) is 13.2 Å². The SMILES string of the molecule is CCOc1ccc(OCC(=O)OCC(=O)Nc2ccc([N+](=O)[O-])cc2C)cc1. The number of carbonyl (C=O) groups is 2. The van der Waals surface area contributed by atoms with Crippen LogP contribution in [0.5, 0.6) is 11.5 Å². The maximum absolute atomic E-state index is 11.9. The highest BCUT2D eigenvalue weighted by atomic mass is 16.6. The first-order valence-electron chi connectivity index (χ1n) is 8.45. The molecule has 9 heteroatoms. The fourth-order valence-corrected chi connectivity index (χ4v) is 2.22. The zero-order valence-electron chi connectivity index (χ0n) is 15.5. The number of hydrogen-bond acceptors (Lipinski definition) is 7. The van der Waals surface area contributed by atoms with Gasteiger partial charge in [0.25, 0.3) is 11.6 Å². The van der Waals surface area contributed by atoms with Crippen LogP contribution in [0.2, 0.25) is 0 Å². The number of rotatable bonds is 9. The van der Waals surface area contributed by atoms with Gasteiger partial charge in [-0.25, -0.2) is 4.79 Å². The Hall–Kier alpha value is -3.62. The van der Waals surface area contributed by atoms with Crippen LogP contribution in [-0.4, -0.2) is 36.6 Å². The zero-order chi connectivity index (χ0) is 20.5. The Kier molecular flexibility index (Phi) is 7.32. The van der Waals surface area contributed by atoms with E-state index >= 15 is 0 Å². The summed E-state index contributed by atoms with van der Waals surface area (Å²) in [5.41, 5.74) is 0.846. The van der Waals surface area contributed by atoms with Crippen LogP contribution < -0.4 is 14.8 Å². The number of nitrogens with zero attached hydrogens (tertiary/aromatic N) is 1. The molecule has 0 aliphatic rings. The van der Waals surface area contributed by atoms with Crippen molar-refractivity contribution in [1.29, 1.82) is 0 Å². The van der Waals surface area contributed by atoms with E-state index in [0.29, 0.717) is 29.4 Å². The van der Waals surface area contributed by atoms with Gasteiger partial charge in [-0.15, -0.1) is 0 Å². The van der Waals surface area contributed by atoms with E-state index in [2.05, 4.69) is 5.32 Å². The molecule has 0 atom stereocenters. The third-order valence-electron chi connectivity index (χ3n) is 3.55. The summed E-state index contributed by atoms with van der Waals surface area (Å²) in [6.07, 6.45) is 0. The van der Waals surface area contributed by atoms with Gasteiger partial charge >= 0.3 is 5.97 Å². The number of ether oxygens (including phenoxy) is 3. The molecule has 0 aliphatic carbocycles. The highest BCUT2D eigenvalue weighted by Gasteiger charge is 2.12. The molecule has 1 N–H and O–H groups in total. The summed E-state index contributed by atoms with van der Waals surface area (Å²) in [5.74, 6) is -0.113. The molecule has 0 saturated heterocycles. The summed E-state index contributed by atoms with van der Waals surface area (Å²) in [6, 6.07) is 10.8. The number of nitro benzene ring substituents is 1. The maximum Gasteiger partial charge on any atom is 0.344 e. The lowest BCUT2D eigenvalue weighted by molar-refractivity contribution is -0.384. The topological polar surface area (TPSA) is 117 Å². The highest BCUT2D eigenvalue weighted by Crippen LogP contribution is 2.21. The van der Waals surface area contributed by atoms with E-state index in [4.69, 9.17) is 14.2 Å². The molecule has 0 aromatic heterocycles. The van der Waals surface area contributed by atoms with Crippen LogP contribution >= 0.6 is 0 Å². The lowest BCUT2D eigenvalue weighted by atomic mass is 10.2. The standard InChI is InChI=1S/C19H20N2O7/c1-3-26-15-5-7-16(8-6-15)27-12-19(23)28-11-18(22)20-17-9-4-14(21(24)25)10-13(17)2/h4-10H,3,11-12H2,1-2H3,(H,20,22). The molecule has 1 amide bonds. The van der Waals surface area contributed by atoms with Crippen molar-refractivity contribution in [2.24, 2.45) is 0 Å². The van der Waals surface area contributed by atoms with Crippen molar-refractivity contribution in [1.82, 2.24) is 0 Å². The smallest absolute Gasteiger partial charge is 0.344 e. The molecule has 0 saturated carbocycles. The number of non-ortho nitro benzene ring substituents is 1. The molecule has 0 bridgehead atoms. The normalized spacial score (nSPS) is 10.1. The largest absolute Gasteiger partial charge is 0.494 e. The number of carbonyl (C=O) groups excluding carboxylic acids is 2. The Balaban J connectivity index is 1.76. The quantitative estimate of drug-likeness (QED) is 0.399. The molecule has 2 aromatic rings. The van der Waals surface area contributed by atoms with Gasteiger partial charge in [-0.3, -0.25) is 14.9 Å². The first kappa shape index (κ1) is 20.7. The van der Waals surface area contributed by atoms with Crippen LogP contribution in [0.1, 0.15) is 12.5 Å². The van der Waals surface area contributed by atoms with Gasteiger partial charge in [-0.1, -0.05) is 0 Å². The third kappa shape index (κ3) is 6.27. The van der Waals surface area contributed by atoms with E-state index in [-0.39, 0.29) is 12.3 Å². The molecular formula is C19H20N2O7. The van der Waals surface area contributed by atoms with E-state index in [1.54, 1.807) is 31.2 Å². The molecule has 0 heterocycles. The van der Waals surface area contributed by atoms with Gasteiger partial charge in [0.1, 0.15) is 11.5 Å². The third-order valence-corrected chi connectivity index (χ3v) is 3.55. The second kappa shape index (κ2) is 9.91. The van der Waals surface area contributed by atoms with E-state index in [1.165, 1.54) is 18.2 Å². The van der Waals surface area contributed by atoms with Crippen molar-refractivity contribution in [3.8, 4) is 11.5 Å². The predicted molar refractivity (Wildman–Crippen MR) is 101 cm³/mol. The number of nitrogens with one attached hydrogen (secondary N) is 1. The van der Waals surface area contributed by atoms with E-state index < -0.39 is 23.4 Å². The van der Waals surface area contributed by atoms with Gasteiger partial charge in [-0.2, -0.15) is 0 Å². The summed E-state index contributed by atoms with van der Waals surface area (Å²) >= 11 is 0. The van der Waals surface area contributed by atoms with Crippen molar-refractivity contribution in [3.63, 3.8) is 0 Å². The van der Waals surface area contributed by atoms with Crippen LogP contribution in [0.4, 0.5) is 11.4 Å². The lowest BCUT2D eigenvalue weighted by Gasteiger charge is -2.10. The Morgan fingerprint density at radius 2 is 1.68 bits per heavy atom. The fraction of sp³-hybridized carbons (Fsp3) is 0.263. The summed E-state index contributed by atoms with van der Waals surface area (Å²) < 4.78 is 15.4. The average molecular weight is 388 g/mol. The van der Waals surface area contributed by atoms with Crippen molar-refractivity contribution in [3.05, 3.63) is 58.1 Å². The number of aryl methyl sites for hydroxylation is 1. The minimum atomic E-state index is -0.704. The molecule has 2 aromatic carbocycles. The predicted octanol–water partition coefficient (Wildman–Crippen LogP) is 2.86. The minimum absolute atomic E-state index is 0.0756. The van der Waals surface area contributed by atoms with Crippen LogP contribution in [0.15, 0.2) is 42.5 Å². The molecule has 148 valence electrons. The fourth-order valence-electron chi connectivity index (χ4n) is 2.22. The summed E-state index contributed by atoms with van der Waals surface area (Å²) in [6.45, 7) is 3.20. The number of benzene rings is 2. The van der Waals surface area contributed by atoms with Crippen LogP contribution in [0, 0.1) is 17.0 Å². The zero-order valence-corrected chi connectivity index (χ0v) is 15.5. The molecule has 0 aliphatic heterocycles. The van der Waals surface area contributed by atoms with Crippen molar-refractivity contribution >= 4 is 23.3 Å². The van der Waals surface area contributed by atoms with E-state index in [0.717, 1.165) is 0 Å². The Morgan fingerprint density at radius 3 is 2.25 bits per heavy atom. The van der Waals surface area contributed by atoms with Crippen molar-refractivity contribution in [2.75, 3.05) is 25.1 Å². The van der Waals surface area contributed by atoms with Gasteiger partial charge in [0, 0.05) is 17.8 Å². The molecule has 2 rings (SSSR count). The monoisotopic (exact) mass is 388 g/mol. The summed E-state index contributed by atoms with van der Waals surface area (Å²) in [7, 11) is 0. The van der Waals surface area contributed by atoms with E-state index in [9.17, 15) is 19.7 Å². The number of nitro groups is 1. The molecule has 9 nitrogen and oxygen atoms in total. The number of anilines is 1. The molecule has 28 heavy (non-hydrogen) atoms. The Bertz CT molecular complexity index is 850. The molecule has 0 unspecified atom stereocenters. The number of hydrogen-bond donors (Lipinski definition) is 1. The van der Waals surface area contributed by atoms with Gasteiger partial charge < -0.3 is 19.5 Å². The van der Waals surface area contributed by atoms with Gasteiger partial charge in [0.2, 0.25) is 0 Å². The van der Waals surface area contributed by atoms with E-state index in [1.807, 2.05) is 6.92 Å². The average Bonchev–Trinajstić information content (AvgIpc) is 2.67. The van der Waals surface area contributed by atoms with Crippen LogP contribution in [-0.2, 0) is 14.3 Å². The van der Waals surface area contributed by atoms with Crippen LogP contribution in [0.25, 0.3) is 0 Å². The molecule has 0 radical (unpaired) electrons. The molecular weight excluding hydrogens is 368 g/mol. The Labute approximate surface area is 161 Å². The molecule has 0 fully saturated rings. The first-order chi connectivity index (χ1) is 13.4. The van der Waals surface area contributed by atoms with Gasteiger partial charge in [-0.05, 0) is 49.7 Å². The van der Waals surface area contributed by atoms with Crippen molar-refractivity contribution in [2.45, 2.75) is 13.8 Å². The number of esters is 1. The lowest BCUT2D eigenvalue weighted by Crippen LogP contribution is -2.24. The van der Waals surface area contributed by atoms with Crippen molar-refractivity contribution < 1.29 is 28.7 Å². The molecule has 0 spiro atoms. The summed E-state index contributed by atoms with van der Waals surface area (Å²) in [5, 5.41) is 13.2. The second-order valence-electron chi connectivity index (χ2n) is 5.66. The first-order valence-corrected chi connectivity index (χ1v) is 8.45. The Morgan fingerprint density at radius 1 is 1.04 bits per heavy atom. The van der Waals surface area contributed by atoms with Gasteiger partial charge in [0.05, 0.1) is 11.5 Å².